The fourth-order valence-electron chi connectivity index (χ4n) is 2.85. The molecule has 3 rings (SSSR count). The number of aryl methyl sites for hydroxylation is 1. The van der Waals surface area contributed by atoms with Crippen molar-refractivity contribution in [2.24, 2.45) is 0 Å². The van der Waals surface area contributed by atoms with E-state index in [1.165, 1.54) is 0 Å². The van der Waals surface area contributed by atoms with Gasteiger partial charge in [-0.05, 0) is 43.2 Å². The van der Waals surface area contributed by atoms with Gasteiger partial charge in [0.05, 0.1) is 19.6 Å². The summed E-state index contributed by atoms with van der Waals surface area (Å²) >= 11 is 0. The van der Waals surface area contributed by atoms with Gasteiger partial charge in [0, 0.05) is 11.1 Å². The minimum Gasteiger partial charge on any atom is -0.496 e. The first kappa shape index (κ1) is 13.7. The van der Waals surface area contributed by atoms with Crippen molar-refractivity contribution in [3.05, 3.63) is 59.2 Å². The van der Waals surface area contributed by atoms with Gasteiger partial charge in [-0.3, -0.25) is 4.79 Å². The highest BCUT2D eigenvalue weighted by Crippen LogP contribution is 2.36. The zero-order valence-electron chi connectivity index (χ0n) is 12.3. The van der Waals surface area contributed by atoms with E-state index in [0.29, 0.717) is 6.61 Å². The monoisotopic (exact) mass is 282 g/mol. The van der Waals surface area contributed by atoms with E-state index in [1.54, 1.807) is 7.11 Å². The van der Waals surface area contributed by atoms with Crippen molar-refractivity contribution in [1.82, 2.24) is 0 Å². The normalized spacial score (nSPS) is 16.8. The van der Waals surface area contributed by atoms with E-state index in [2.05, 4.69) is 0 Å². The van der Waals surface area contributed by atoms with E-state index in [9.17, 15) is 4.79 Å². The third kappa shape index (κ3) is 2.51. The number of fused-ring (bicyclic) bond motifs is 1. The summed E-state index contributed by atoms with van der Waals surface area (Å²) in [6.07, 6.45) is 0.723. The van der Waals surface area contributed by atoms with Gasteiger partial charge in [0.2, 0.25) is 0 Å². The smallest absolute Gasteiger partial charge is 0.170 e. The number of rotatable bonds is 3. The first-order chi connectivity index (χ1) is 10.2. The number of ether oxygens (including phenoxy) is 2. The molecule has 1 aliphatic heterocycles. The maximum absolute atomic E-state index is 12.8. The fourth-order valence-corrected chi connectivity index (χ4v) is 2.85. The van der Waals surface area contributed by atoms with Crippen LogP contribution in [0.15, 0.2) is 42.5 Å². The Morgan fingerprint density at radius 2 is 2.05 bits per heavy atom. The van der Waals surface area contributed by atoms with Crippen molar-refractivity contribution in [3.8, 4) is 11.5 Å². The molecule has 0 amide bonds. The average molecular weight is 282 g/mol. The lowest BCUT2D eigenvalue weighted by Gasteiger charge is -2.25. The van der Waals surface area contributed by atoms with Gasteiger partial charge >= 0.3 is 0 Å². The average Bonchev–Trinajstić information content (AvgIpc) is 2.53. The molecule has 2 aromatic carbocycles. The van der Waals surface area contributed by atoms with Gasteiger partial charge in [-0.1, -0.05) is 18.2 Å². The summed E-state index contributed by atoms with van der Waals surface area (Å²) in [7, 11) is 1.64. The molecule has 0 radical (unpaired) electrons. The molecule has 0 N–H and O–H groups in total. The molecule has 3 heteroatoms. The lowest BCUT2D eigenvalue weighted by Crippen LogP contribution is -2.21. The standard InChI is InChI=1S/C18H18O3/c1-12-11-13(7-8-16(12)20-2)18(19)15-9-10-21-17-6-4-3-5-14(15)17/h3-8,11,15H,9-10H2,1-2H3. The quantitative estimate of drug-likeness (QED) is 0.804. The fraction of sp³-hybridized carbons (Fsp3) is 0.278. The second kappa shape index (κ2) is 5.60. The van der Waals surface area contributed by atoms with Crippen LogP contribution in [0, 0.1) is 6.92 Å². The van der Waals surface area contributed by atoms with Gasteiger partial charge in [0.25, 0.3) is 0 Å². The summed E-state index contributed by atoms with van der Waals surface area (Å²) in [6, 6.07) is 13.4. The molecular weight excluding hydrogens is 264 g/mol. The Hall–Kier alpha value is -2.29. The van der Waals surface area contributed by atoms with Crippen molar-refractivity contribution in [1.29, 1.82) is 0 Å². The van der Waals surface area contributed by atoms with Gasteiger partial charge in [0.1, 0.15) is 11.5 Å². The molecule has 2 aromatic rings. The Morgan fingerprint density at radius 3 is 2.81 bits per heavy atom. The third-order valence-corrected chi connectivity index (χ3v) is 3.95. The van der Waals surface area contributed by atoms with Crippen LogP contribution in [0.4, 0.5) is 0 Å². The van der Waals surface area contributed by atoms with Gasteiger partial charge in [-0.25, -0.2) is 0 Å². The highest BCUT2D eigenvalue weighted by atomic mass is 16.5. The van der Waals surface area contributed by atoms with E-state index in [4.69, 9.17) is 9.47 Å². The Morgan fingerprint density at radius 1 is 1.24 bits per heavy atom. The van der Waals surface area contributed by atoms with Crippen molar-refractivity contribution in [3.63, 3.8) is 0 Å². The van der Waals surface area contributed by atoms with Crippen LogP contribution < -0.4 is 9.47 Å². The SMILES string of the molecule is COc1ccc(C(=O)C2CCOc3ccccc32)cc1C. The Bertz CT molecular complexity index is 676. The van der Waals surface area contributed by atoms with Crippen LogP contribution in [-0.2, 0) is 0 Å². The van der Waals surface area contributed by atoms with Crippen molar-refractivity contribution in [2.75, 3.05) is 13.7 Å². The molecule has 1 aliphatic rings. The molecule has 0 aromatic heterocycles. The minimum absolute atomic E-state index is 0.122. The molecule has 0 aliphatic carbocycles. The number of ketones is 1. The van der Waals surface area contributed by atoms with Gasteiger partial charge in [-0.15, -0.1) is 0 Å². The van der Waals surface area contributed by atoms with Crippen molar-refractivity contribution >= 4 is 5.78 Å². The first-order valence-corrected chi connectivity index (χ1v) is 7.11. The predicted octanol–water partition coefficient (Wildman–Crippen LogP) is 3.75. The molecule has 0 spiro atoms. The number of benzene rings is 2. The lowest BCUT2D eigenvalue weighted by atomic mass is 9.86. The maximum Gasteiger partial charge on any atom is 0.170 e. The van der Waals surface area contributed by atoms with Crippen LogP contribution in [0.5, 0.6) is 11.5 Å². The zero-order valence-corrected chi connectivity index (χ0v) is 12.3. The second-order valence-corrected chi connectivity index (χ2v) is 5.28. The predicted molar refractivity (Wildman–Crippen MR) is 81.4 cm³/mol. The summed E-state index contributed by atoms with van der Waals surface area (Å²) in [5.41, 5.74) is 2.70. The number of carbonyl (C=O) groups is 1. The summed E-state index contributed by atoms with van der Waals surface area (Å²) in [4.78, 5) is 12.8. The molecule has 21 heavy (non-hydrogen) atoms. The van der Waals surface area contributed by atoms with Crippen LogP contribution in [0.1, 0.15) is 33.8 Å². The molecule has 0 saturated heterocycles. The Labute approximate surface area is 124 Å². The number of hydrogen-bond donors (Lipinski definition) is 0. The topological polar surface area (TPSA) is 35.5 Å². The van der Waals surface area contributed by atoms with Crippen LogP contribution in [0.25, 0.3) is 0 Å². The molecule has 108 valence electrons. The summed E-state index contributed by atoms with van der Waals surface area (Å²) < 4.78 is 10.9. The van der Waals surface area contributed by atoms with E-state index in [1.807, 2.05) is 49.4 Å². The van der Waals surface area contributed by atoms with Crippen molar-refractivity contribution in [2.45, 2.75) is 19.3 Å². The Balaban J connectivity index is 1.95. The number of Topliss-reactive ketones (excluding diaryl/α,β-unsaturated/α-hetero) is 1. The number of para-hydroxylation sites is 1. The molecule has 1 heterocycles. The van der Waals surface area contributed by atoms with Crippen LogP contribution >= 0.6 is 0 Å². The van der Waals surface area contributed by atoms with Gasteiger partial charge in [-0.2, -0.15) is 0 Å². The highest BCUT2D eigenvalue weighted by Gasteiger charge is 2.28. The molecule has 1 unspecified atom stereocenters. The maximum atomic E-state index is 12.8. The van der Waals surface area contributed by atoms with Crippen molar-refractivity contribution < 1.29 is 14.3 Å². The van der Waals surface area contributed by atoms with E-state index in [0.717, 1.165) is 34.6 Å². The number of methoxy groups -OCH3 is 1. The molecule has 0 saturated carbocycles. The Kier molecular flexibility index (Phi) is 3.65. The first-order valence-electron chi connectivity index (χ1n) is 7.11. The van der Waals surface area contributed by atoms with Crippen LogP contribution in [-0.4, -0.2) is 19.5 Å². The molecule has 0 fully saturated rings. The van der Waals surface area contributed by atoms with Gasteiger partial charge < -0.3 is 9.47 Å². The summed E-state index contributed by atoms with van der Waals surface area (Å²) in [5.74, 6) is 1.66. The van der Waals surface area contributed by atoms with E-state index in [-0.39, 0.29) is 11.7 Å². The third-order valence-electron chi connectivity index (χ3n) is 3.95. The largest absolute Gasteiger partial charge is 0.496 e. The lowest BCUT2D eigenvalue weighted by molar-refractivity contribution is 0.0933. The van der Waals surface area contributed by atoms with E-state index < -0.39 is 0 Å². The zero-order chi connectivity index (χ0) is 14.8. The van der Waals surface area contributed by atoms with E-state index >= 15 is 0 Å². The van der Waals surface area contributed by atoms with Crippen LogP contribution in [0.2, 0.25) is 0 Å². The van der Waals surface area contributed by atoms with Gasteiger partial charge in [0.15, 0.2) is 5.78 Å². The molecular formula is C18H18O3. The van der Waals surface area contributed by atoms with Crippen LogP contribution in [0.3, 0.4) is 0 Å². The minimum atomic E-state index is -0.122. The summed E-state index contributed by atoms with van der Waals surface area (Å²) in [6.45, 7) is 2.54. The number of carbonyl (C=O) groups excluding carboxylic acids is 1. The highest BCUT2D eigenvalue weighted by molar-refractivity contribution is 6.01. The molecule has 1 atom stereocenters. The summed E-state index contributed by atoms with van der Waals surface area (Å²) in [5, 5.41) is 0. The molecule has 3 nitrogen and oxygen atoms in total. The molecule has 0 bridgehead atoms. The number of hydrogen-bond acceptors (Lipinski definition) is 3. The second-order valence-electron chi connectivity index (χ2n) is 5.28.